The van der Waals surface area contributed by atoms with Crippen molar-refractivity contribution < 1.29 is 9.90 Å². The number of anilines is 1. The molecular formula is C9H15N5O2. The summed E-state index contributed by atoms with van der Waals surface area (Å²) in [4.78, 5) is 17.2. The van der Waals surface area contributed by atoms with E-state index in [2.05, 4.69) is 10.1 Å². The average Bonchev–Trinajstić information content (AvgIpc) is 2.64. The van der Waals surface area contributed by atoms with Crippen LogP contribution in [0.25, 0.3) is 0 Å². The average molecular weight is 225 g/mol. The number of rotatable bonds is 2. The Hall–Kier alpha value is -1.63. The Kier molecular flexibility index (Phi) is 3.04. The molecule has 0 unspecified atom stereocenters. The van der Waals surface area contributed by atoms with Crippen molar-refractivity contribution in [3.8, 4) is 0 Å². The van der Waals surface area contributed by atoms with Crippen LogP contribution in [0, 0.1) is 0 Å². The van der Waals surface area contributed by atoms with Crippen LogP contribution in [0.4, 0.5) is 5.95 Å². The lowest BCUT2D eigenvalue weighted by atomic mass is 10.1. The predicted octanol–water partition coefficient (Wildman–Crippen LogP) is -1.16. The van der Waals surface area contributed by atoms with Gasteiger partial charge in [-0.1, -0.05) is 0 Å². The summed E-state index contributed by atoms with van der Waals surface area (Å²) in [5, 5.41) is 13.3. The number of nitrogens with two attached hydrogens (primary N) is 1. The quantitative estimate of drug-likeness (QED) is 0.662. The van der Waals surface area contributed by atoms with Crippen molar-refractivity contribution in [1.29, 1.82) is 0 Å². The molecule has 88 valence electrons. The van der Waals surface area contributed by atoms with E-state index in [0.717, 1.165) is 12.8 Å². The smallest absolute Gasteiger partial charge is 0.244 e. The Morgan fingerprint density at radius 3 is 3.12 bits per heavy atom. The number of nitrogens with zero attached hydrogens (tertiary/aromatic N) is 4. The van der Waals surface area contributed by atoms with Crippen molar-refractivity contribution in [1.82, 2.24) is 19.7 Å². The highest BCUT2D eigenvalue weighted by atomic mass is 16.3. The largest absolute Gasteiger partial charge is 0.391 e. The number of hydrogen-bond donors (Lipinski definition) is 2. The zero-order valence-corrected chi connectivity index (χ0v) is 8.91. The summed E-state index contributed by atoms with van der Waals surface area (Å²) < 4.78 is 1.40. The zero-order chi connectivity index (χ0) is 11.5. The first-order valence-corrected chi connectivity index (χ1v) is 5.26. The second-order valence-corrected chi connectivity index (χ2v) is 3.94. The third-order valence-electron chi connectivity index (χ3n) is 2.60. The number of piperidine rings is 1. The molecule has 0 aliphatic carbocycles. The van der Waals surface area contributed by atoms with Crippen LogP contribution in [0.5, 0.6) is 0 Å². The maximum atomic E-state index is 11.8. The molecule has 0 bridgehead atoms. The number of nitrogen functional groups attached to an aromatic ring is 1. The molecule has 0 aromatic carbocycles. The van der Waals surface area contributed by atoms with E-state index in [9.17, 15) is 9.90 Å². The van der Waals surface area contributed by atoms with Crippen molar-refractivity contribution >= 4 is 11.9 Å². The molecule has 0 spiro atoms. The zero-order valence-electron chi connectivity index (χ0n) is 8.91. The maximum absolute atomic E-state index is 11.8. The highest BCUT2D eigenvalue weighted by Crippen LogP contribution is 2.10. The second kappa shape index (κ2) is 4.48. The minimum atomic E-state index is -0.404. The minimum Gasteiger partial charge on any atom is -0.391 e. The molecule has 16 heavy (non-hydrogen) atoms. The third kappa shape index (κ3) is 2.48. The molecule has 1 aromatic heterocycles. The lowest BCUT2D eigenvalue weighted by Gasteiger charge is -2.29. The predicted molar refractivity (Wildman–Crippen MR) is 56.3 cm³/mol. The molecule has 7 heteroatoms. The molecule has 3 N–H and O–H groups in total. The van der Waals surface area contributed by atoms with E-state index in [1.807, 2.05) is 0 Å². The number of carbonyl (C=O) groups is 1. The van der Waals surface area contributed by atoms with Gasteiger partial charge in [-0.05, 0) is 12.8 Å². The van der Waals surface area contributed by atoms with Gasteiger partial charge in [-0.2, -0.15) is 0 Å². The summed E-state index contributed by atoms with van der Waals surface area (Å²) in [6, 6.07) is 0. The van der Waals surface area contributed by atoms with Crippen molar-refractivity contribution in [3.05, 3.63) is 6.33 Å². The van der Waals surface area contributed by atoms with Gasteiger partial charge in [0.25, 0.3) is 0 Å². The number of aromatic nitrogens is 3. The van der Waals surface area contributed by atoms with E-state index in [1.165, 1.54) is 11.0 Å². The number of carbonyl (C=O) groups excluding carboxylic acids is 1. The molecule has 7 nitrogen and oxygen atoms in total. The summed E-state index contributed by atoms with van der Waals surface area (Å²) in [5.41, 5.74) is 5.35. The summed E-state index contributed by atoms with van der Waals surface area (Å²) >= 11 is 0. The number of aliphatic hydroxyl groups excluding tert-OH is 1. The van der Waals surface area contributed by atoms with Crippen molar-refractivity contribution in [2.24, 2.45) is 0 Å². The first kappa shape index (κ1) is 10.9. The van der Waals surface area contributed by atoms with Crippen molar-refractivity contribution in [2.75, 3.05) is 18.8 Å². The van der Waals surface area contributed by atoms with Crippen LogP contribution in [-0.4, -0.2) is 49.9 Å². The second-order valence-electron chi connectivity index (χ2n) is 3.94. The molecule has 1 amide bonds. The summed E-state index contributed by atoms with van der Waals surface area (Å²) in [7, 11) is 0. The van der Waals surface area contributed by atoms with Crippen LogP contribution in [0.3, 0.4) is 0 Å². The number of likely N-dealkylation sites (tertiary alicyclic amines) is 1. The number of hydrogen-bond acceptors (Lipinski definition) is 5. The fourth-order valence-electron chi connectivity index (χ4n) is 1.81. The fourth-order valence-corrected chi connectivity index (χ4v) is 1.81. The number of aliphatic hydroxyl groups is 1. The maximum Gasteiger partial charge on any atom is 0.244 e. The van der Waals surface area contributed by atoms with Gasteiger partial charge < -0.3 is 15.7 Å². The standard InChI is InChI=1S/C9H15N5O2/c10-9-11-6-14(12-9)5-8(16)13-3-1-2-7(15)4-13/h6-7,15H,1-5H2,(H2,10,12)/t7-/m0/s1. The van der Waals surface area contributed by atoms with Crippen LogP contribution in [0.1, 0.15) is 12.8 Å². The van der Waals surface area contributed by atoms with Gasteiger partial charge in [0.1, 0.15) is 12.9 Å². The lowest BCUT2D eigenvalue weighted by molar-refractivity contribution is -0.135. The van der Waals surface area contributed by atoms with Gasteiger partial charge in [0, 0.05) is 13.1 Å². The number of amides is 1. The van der Waals surface area contributed by atoms with Crippen LogP contribution < -0.4 is 5.73 Å². The van der Waals surface area contributed by atoms with Gasteiger partial charge in [0.2, 0.25) is 11.9 Å². The van der Waals surface area contributed by atoms with E-state index in [-0.39, 0.29) is 18.4 Å². The molecule has 1 saturated heterocycles. The van der Waals surface area contributed by atoms with E-state index in [4.69, 9.17) is 5.73 Å². The Bertz CT molecular complexity index is 378. The van der Waals surface area contributed by atoms with Gasteiger partial charge in [0.05, 0.1) is 6.10 Å². The van der Waals surface area contributed by atoms with Gasteiger partial charge in [-0.3, -0.25) is 4.79 Å². The minimum absolute atomic E-state index is 0.0661. The Balaban J connectivity index is 1.92. The Morgan fingerprint density at radius 2 is 2.50 bits per heavy atom. The first-order chi connectivity index (χ1) is 7.65. The molecule has 1 aliphatic rings. The molecule has 1 atom stereocenters. The van der Waals surface area contributed by atoms with E-state index in [0.29, 0.717) is 13.1 Å². The van der Waals surface area contributed by atoms with E-state index >= 15 is 0 Å². The van der Waals surface area contributed by atoms with E-state index < -0.39 is 6.10 Å². The first-order valence-electron chi connectivity index (χ1n) is 5.26. The highest BCUT2D eigenvalue weighted by Gasteiger charge is 2.22. The molecule has 2 heterocycles. The lowest BCUT2D eigenvalue weighted by Crippen LogP contribution is -2.43. The molecule has 1 aliphatic heterocycles. The fraction of sp³-hybridized carbons (Fsp3) is 0.667. The number of β-amino-alcohol motifs (C(OH)–C–C–N with tert-alkyl or cyclic N) is 1. The molecule has 0 saturated carbocycles. The van der Waals surface area contributed by atoms with Crippen molar-refractivity contribution in [3.63, 3.8) is 0 Å². The highest BCUT2D eigenvalue weighted by molar-refractivity contribution is 5.76. The summed E-state index contributed by atoms with van der Waals surface area (Å²) in [6.45, 7) is 1.22. The van der Waals surface area contributed by atoms with E-state index in [1.54, 1.807) is 4.90 Å². The molecule has 0 radical (unpaired) electrons. The summed E-state index contributed by atoms with van der Waals surface area (Å²) in [6.07, 6.45) is 2.62. The summed E-state index contributed by atoms with van der Waals surface area (Å²) in [5.74, 6) is 0.0927. The third-order valence-corrected chi connectivity index (χ3v) is 2.60. The Labute approximate surface area is 92.9 Å². The van der Waals surface area contributed by atoms with Gasteiger partial charge >= 0.3 is 0 Å². The van der Waals surface area contributed by atoms with Crippen LogP contribution in [-0.2, 0) is 11.3 Å². The van der Waals surface area contributed by atoms with Gasteiger partial charge in [-0.15, -0.1) is 5.10 Å². The molecule has 1 fully saturated rings. The topological polar surface area (TPSA) is 97.3 Å². The van der Waals surface area contributed by atoms with Crippen LogP contribution in [0.2, 0.25) is 0 Å². The monoisotopic (exact) mass is 225 g/mol. The SMILES string of the molecule is Nc1ncn(CC(=O)N2CCC[C@H](O)C2)n1. The molecular weight excluding hydrogens is 210 g/mol. The van der Waals surface area contributed by atoms with Gasteiger partial charge in [-0.25, -0.2) is 9.67 Å². The molecule has 1 aromatic rings. The Morgan fingerprint density at radius 1 is 1.69 bits per heavy atom. The molecule has 2 rings (SSSR count). The normalized spacial score (nSPS) is 21.1. The van der Waals surface area contributed by atoms with Crippen LogP contribution >= 0.6 is 0 Å². The van der Waals surface area contributed by atoms with Crippen LogP contribution in [0.15, 0.2) is 6.33 Å². The van der Waals surface area contributed by atoms with Gasteiger partial charge in [0.15, 0.2) is 0 Å². The van der Waals surface area contributed by atoms with Crippen molar-refractivity contribution in [2.45, 2.75) is 25.5 Å².